The molecule has 3 fully saturated rings. The van der Waals surface area contributed by atoms with Gasteiger partial charge in [-0.2, -0.15) is 0 Å². The molecule has 0 unspecified atom stereocenters. The lowest BCUT2D eigenvalue weighted by Crippen LogP contribution is -2.48. The second-order valence-electron chi connectivity index (χ2n) is 5.17. The number of rotatable bonds is 1. The Morgan fingerprint density at radius 2 is 1.62 bits per heavy atom. The summed E-state index contributed by atoms with van der Waals surface area (Å²) in [5.41, 5.74) is 0.586. The Bertz CT molecular complexity index is 215. The number of nitrogens with one attached hydrogen (secondary N) is 1. The van der Waals surface area contributed by atoms with Crippen molar-refractivity contribution in [2.24, 2.45) is 10.8 Å². The Balaban J connectivity index is 0.000000980. The molecule has 0 spiro atoms. The van der Waals surface area contributed by atoms with Crippen molar-refractivity contribution in [1.29, 1.82) is 0 Å². The first-order chi connectivity index (χ1) is 6.10. The van der Waals surface area contributed by atoms with Gasteiger partial charge in [-0.3, -0.25) is 4.79 Å². The molecule has 2 nitrogen and oxygen atoms in total. The van der Waals surface area contributed by atoms with E-state index >= 15 is 0 Å². The summed E-state index contributed by atoms with van der Waals surface area (Å²) >= 11 is 0. The van der Waals surface area contributed by atoms with Crippen LogP contribution in [-0.2, 0) is 4.79 Å². The molecule has 3 aliphatic rings. The molecule has 0 atom stereocenters. The van der Waals surface area contributed by atoms with Crippen molar-refractivity contribution in [3.63, 3.8) is 0 Å². The predicted molar refractivity (Wildman–Crippen MR) is 54.4 cm³/mol. The SMILES string of the molecule is CNC(=O)C12CCC(C)(CC1)CC2.[HH]. The van der Waals surface area contributed by atoms with Crippen molar-refractivity contribution in [3.05, 3.63) is 0 Å². The molecule has 0 saturated heterocycles. The maximum Gasteiger partial charge on any atom is 0.225 e. The summed E-state index contributed by atoms with van der Waals surface area (Å²) in [5, 5.41) is 2.82. The third kappa shape index (κ3) is 1.27. The van der Waals surface area contributed by atoms with Gasteiger partial charge in [0.25, 0.3) is 0 Å². The summed E-state index contributed by atoms with van der Waals surface area (Å²) in [7, 11) is 1.76. The van der Waals surface area contributed by atoms with Crippen LogP contribution in [0.3, 0.4) is 0 Å². The van der Waals surface area contributed by atoms with Crippen LogP contribution in [0.2, 0.25) is 0 Å². The van der Waals surface area contributed by atoms with Crippen LogP contribution in [0.25, 0.3) is 0 Å². The molecule has 1 amide bonds. The molecule has 0 heterocycles. The van der Waals surface area contributed by atoms with E-state index in [0.29, 0.717) is 5.41 Å². The zero-order chi connectivity index (χ0) is 9.53. The fourth-order valence-corrected chi connectivity index (χ4v) is 2.98. The summed E-state index contributed by atoms with van der Waals surface area (Å²) in [4.78, 5) is 11.7. The summed E-state index contributed by atoms with van der Waals surface area (Å²) in [6.07, 6.45) is 7.09. The number of hydrogen-bond donors (Lipinski definition) is 1. The van der Waals surface area contributed by atoms with E-state index in [-0.39, 0.29) is 12.7 Å². The maximum absolute atomic E-state index is 11.7. The van der Waals surface area contributed by atoms with Crippen molar-refractivity contribution in [2.45, 2.75) is 45.4 Å². The average Bonchev–Trinajstić information content (AvgIpc) is 2.18. The highest BCUT2D eigenvalue weighted by atomic mass is 16.2. The second-order valence-corrected chi connectivity index (χ2v) is 5.17. The number of hydrogen-bond acceptors (Lipinski definition) is 1. The molecule has 0 aliphatic heterocycles. The smallest absolute Gasteiger partial charge is 0.225 e. The van der Waals surface area contributed by atoms with Gasteiger partial charge >= 0.3 is 0 Å². The van der Waals surface area contributed by atoms with Gasteiger partial charge in [0, 0.05) is 13.9 Å². The van der Waals surface area contributed by atoms with Crippen LogP contribution < -0.4 is 5.32 Å². The van der Waals surface area contributed by atoms with Crippen molar-refractivity contribution in [3.8, 4) is 0 Å². The van der Waals surface area contributed by atoms with Gasteiger partial charge in [-0.25, -0.2) is 0 Å². The van der Waals surface area contributed by atoms with E-state index in [2.05, 4.69) is 12.2 Å². The number of fused-ring (bicyclic) bond motifs is 3. The molecule has 2 bridgehead atoms. The number of carbonyl (C=O) groups excluding carboxylic acids is 1. The highest BCUT2D eigenvalue weighted by Gasteiger charge is 2.49. The lowest BCUT2D eigenvalue weighted by molar-refractivity contribution is -0.139. The van der Waals surface area contributed by atoms with Gasteiger partial charge in [0.1, 0.15) is 0 Å². The Kier molecular flexibility index (Phi) is 1.90. The van der Waals surface area contributed by atoms with E-state index in [1.165, 1.54) is 19.3 Å². The Hall–Kier alpha value is -0.530. The van der Waals surface area contributed by atoms with Crippen molar-refractivity contribution < 1.29 is 6.22 Å². The fourth-order valence-electron chi connectivity index (χ4n) is 2.98. The third-order valence-electron chi connectivity index (χ3n) is 4.33. The zero-order valence-corrected chi connectivity index (χ0v) is 8.65. The molecular weight excluding hydrogens is 162 g/mol. The van der Waals surface area contributed by atoms with Gasteiger partial charge < -0.3 is 5.32 Å². The average molecular weight is 183 g/mol. The highest BCUT2D eigenvalue weighted by molar-refractivity contribution is 5.82. The van der Waals surface area contributed by atoms with Crippen LogP contribution in [0.1, 0.15) is 46.9 Å². The summed E-state index contributed by atoms with van der Waals surface area (Å²) in [6.45, 7) is 2.37. The van der Waals surface area contributed by atoms with Gasteiger partial charge in [-0.05, 0) is 43.9 Å². The Morgan fingerprint density at radius 1 is 1.15 bits per heavy atom. The van der Waals surface area contributed by atoms with Crippen LogP contribution in [0.5, 0.6) is 0 Å². The fraction of sp³-hybridized carbons (Fsp3) is 0.909. The topological polar surface area (TPSA) is 29.1 Å². The van der Waals surface area contributed by atoms with E-state index in [4.69, 9.17) is 0 Å². The van der Waals surface area contributed by atoms with Gasteiger partial charge in [-0.1, -0.05) is 6.92 Å². The van der Waals surface area contributed by atoms with E-state index in [1.54, 1.807) is 7.05 Å². The normalized spacial score (nSPS) is 43.2. The van der Waals surface area contributed by atoms with E-state index in [9.17, 15) is 4.79 Å². The molecule has 0 aromatic heterocycles. The van der Waals surface area contributed by atoms with E-state index in [0.717, 1.165) is 19.3 Å². The first kappa shape index (κ1) is 9.04. The van der Waals surface area contributed by atoms with Gasteiger partial charge in [0.05, 0.1) is 0 Å². The molecule has 0 radical (unpaired) electrons. The summed E-state index contributed by atoms with van der Waals surface area (Å²) < 4.78 is 0. The lowest BCUT2D eigenvalue weighted by atomic mass is 9.54. The van der Waals surface area contributed by atoms with Crippen LogP contribution in [0.15, 0.2) is 0 Å². The minimum Gasteiger partial charge on any atom is -0.359 e. The minimum absolute atomic E-state index is 0. The first-order valence-corrected chi connectivity index (χ1v) is 5.33. The largest absolute Gasteiger partial charge is 0.359 e. The molecule has 3 aliphatic carbocycles. The summed E-state index contributed by atoms with van der Waals surface area (Å²) in [6, 6.07) is 0. The lowest BCUT2D eigenvalue weighted by Gasteiger charge is -2.50. The quantitative estimate of drug-likeness (QED) is 0.664. The minimum atomic E-state index is 0. The Morgan fingerprint density at radius 3 is 2.00 bits per heavy atom. The van der Waals surface area contributed by atoms with Crippen LogP contribution in [0.4, 0.5) is 0 Å². The molecule has 76 valence electrons. The molecule has 3 rings (SSSR count). The van der Waals surface area contributed by atoms with Crippen LogP contribution >= 0.6 is 0 Å². The summed E-state index contributed by atoms with van der Waals surface area (Å²) in [5.74, 6) is 0.286. The van der Waals surface area contributed by atoms with Gasteiger partial charge in [-0.15, -0.1) is 0 Å². The molecule has 2 heteroatoms. The van der Waals surface area contributed by atoms with Gasteiger partial charge in [0.2, 0.25) is 5.91 Å². The van der Waals surface area contributed by atoms with Crippen molar-refractivity contribution in [2.75, 3.05) is 7.05 Å². The zero-order valence-electron chi connectivity index (χ0n) is 8.65. The van der Waals surface area contributed by atoms with E-state index in [1.807, 2.05) is 0 Å². The number of carbonyl (C=O) groups is 1. The molecule has 3 saturated carbocycles. The molecule has 0 aromatic rings. The number of amides is 1. The third-order valence-corrected chi connectivity index (χ3v) is 4.33. The highest BCUT2D eigenvalue weighted by Crippen LogP contribution is 2.56. The second kappa shape index (κ2) is 2.73. The first-order valence-electron chi connectivity index (χ1n) is 5.33. The van der Waals surface area contributed by atoms with Crippen molar-refractivity contribution >= 4 is 5.91 Å². The molecule has 13 heavy (non-hydrogen) atoms. The standard InChI is InChI=1S/C11H19NO.H2/c1-10-3-6-11(7-4-10,8-5-10)9(13)12-2;/h3-8H2,1-2H3,(H,12,13);1H. The molecule has 1 N–H and O–H groups in total. The van der Waals surface area contributed by atoms with Gasteiger partial charge in [0.15, 0.2) is 0 Å². The maximum atomic E-state index is 11.7. The monoisotopic (exact) mass is 183 g/mol. The molecular formula is C11H21NO. The Labute approximate surface area is 81.6 Å². The van der Waals surface area contributed by atoms with Crippen LogP contribution in [-0.4, -0.2) is 13.0 Å². The molecule has 0 aromatic carbocycles. The van der Waals surface area contributed by atoms with E-state index < -0.39 is 0 Å². The van der Waals surface area contributed by atoms with Crippen molar-refractivity contribution in [1.82, 2.24) is 5.32 Å². The van der Waals surface area contributed by atoms with Crippen LogP contribution in [0, 0.1) is 10.8 Å². The predicted octanol–water partition coefficient (Wildman–Crippen LogP) is 2.34.